The zero-order valence-electron chi connectivity index (χ0n) is 16.9. The second-order valence-electron chi connectivity index (χ2n) is 7.39. The molecule has 0 aliphatic carbocycles. The van der Waals surface area contributed by atoms with Crippen LogP contribution in [0, 0.1) is 0 Å². The van der Waals surface area contributed by atoms with Crippen LogP contribution >= 0.6 is 11.6 Å². The minimum absolute atomic E-state index is 0.140. The third-order valence-corrected chi connectivity index (χ3v) is 5.56. The van der Waals surface area contributed by atoms with Gasteiger partial charge in [0.05, 0.1) is 23.3 Å². The van der Waals surface area contributed by atoms with E-state index in [0.29, 0.717) is 33.1 Å². The molecule has 0 saturated carbocycles. The van der Waals surface area contributed by atoms with Gasteiger partial charge in [0.1, 0.15) is 16.9 Å². The fraction of sp³-hybridized carbons (Fsp3) is 0.130. The number of fused-ring (bicyclic) bond motifs is 2. The maximum atomic E-state index is 13.0. The highest BCUT2D eigenvalue weighted by atomic mass is 35.5. The lowest BCUT2D eigenvalue weighted by molar-refractivity contribution is 0.0941. The summed E-state index contributed by atoms with van der Waals surface area (Å²) in [6.07, 6.45) is 3.29. The van der Waals surface area contributed by atoms with Crippen LogP contribution in [-0.4, -0.2) is 30.6 Å². The van der Waals surface area contributed by atoms with Crippen LogP contribution in [0.2, 0.25) is 5.02 Å². The highest BCUT2D eigenvalue weighted by Crippen LogP contribution is 2.29. The fourth-order valence-corrected chi connectivity index (χ4v) is 3.86. The summed E-state index contributed by atoms with van der Waals surface area (Å²) >= 11 is 6.13. The van der Waals surface area contributed by atoms with Crippen LogP contribution in [0.1, 0.15) is 28.9 Å². The van der Waals surface area contributed by atoms with Crippen molar-refractivity contribution in [3.63, 3.8) is 0 Å². The minimum atomic E-state index is -0.216. The Labute approximate surface area is 183 Å². The number of aromatic nitrogens is 5. The summed E-state index contributed by atoms with van der Waals surface area (Å²) in [5.74, 6) is -0.216. The standard InChI is InChI=1S/C23H19ClN6O/c1-13(14-6-4-3-5-7-14)27-23(31)17-11-25-22-21(17)28-18(12-26-22)20-16-9-8-15(24)10-19(16)30(2)29-20/h3-13H,1-2H3,(H,25,26)(H,27,31)/t13-/m0/s1. The molecule has 1 atom stereocenters. The molecule has 0 aliphatic rings. The maximum Gasteiger partial charge on any atom is 0.255 e. The van der Waals surface area contributed by atoms with E-state index in [-0.39, 0.29) is 11.9 Å². The number of H-pyrrole nitrogens is 1. The van der Waals surface area contributed by atoms with Gasteiger partial charge in [-0.3, -0.25) is 9.48 Å². The minimum Gasteiger partial charge on any atom is -0.345 e. The van der Waals surface area contributed by atoms with Gasteiger partial charge in [-0.05, 0) is 30.7 Å². The average molecular weight is 431 g/mol. The number of amides is 1. The van der Waals surface area contributed by atoms with Gasteiger partial charge in [0.2, 0.25) is 0 Å². The molecule has 7 nitrogen and oxygen atoms in total. The Bertz CT molecular complexity index is 1420. The molecule has 0 spiro atoms. The van der Waals surface area contributed by atoms with Crippen LogP contribution in [0.4, 0.5) is 0 Å². The van der Waals surface area contributed by atoms with Gasteiger partial charge in [0.15, 0.2) is 5.65 Å². The fourth-order valence-electron chi connectivity index (χ4n) is 3.70. The molecule has 0 saturated heterocycles. The summed E-state index contributed by atoms with van der Waals surface area (Å²) in [5.41, 5.74) is 4.69. The zero-order valence-corrected chi connectivity index (χ0v) is 17.7. The summed E-state index contributed by atoms with van der Waals surface area (Å²) in [6, 6.07) is 15.3. The van der Waals surface area contributed by atoms with Crippen molar-refractivity contribution >= 4 is 39.6 Å². The van der Waals surface area contributed by atoms with E-state index in [2.05, 4.69) is 20.4 Å². The molecule has 31 heavy (non-hydrogen) atoms. The molecular formula is C23H19ClN6O. The first kappa shape index (κ1) is 19.3. The molecule has 2 N–H and O–H groups in total. The van der Waals surface area contributed by atoms with Gasteiger partial charge in [-0.15, -0.1) is 0 Å². The van der Waals surface area contributed by atoms with E-state index in [9.17, 15) is 4.79 Å². The smallest absolute Gasteiger partial charge is 0.255 e. The molecule has 8 heteroatoms. The summed E-state index contributed by atoms with van der Waals surface area (Å²) in [4.78, 5) is 25.2. The molecule has 0 bridgehead atoms. The van der Waals surface area contributed by atoms with Crippen LogP contribution in [0.5, 0.6) is 0 Å². The SMILES string of the molecule is C[C@H](NC(=O)c1c[nH]c2ncc(-c3nn(C)c4cc(Cl)ccc34)nc12)c1ccccc1. The van der Waals surface area contributed by atoms with Crippen LogP contribution in [0.3, 0.4) is 0 Å². The van der Waals surface area contributed by atoms with Gasteiger partial charge in [-0.2, -0.15) is 5.10 Å². The normalized spacial score (nSPS) is 12.4. The van der Waals surface area contributed by atoms with E-state index >= 15 is 0 Å². The van der Waals surface area contributed by atoms with E-state index < -0.39 is 0 Å². The number of carbonyl (C=O) groups is 1. The van der Waals surface area contributed by atoms with Gasteiger partial charge in [0.25, 0.3) is 5.91 Å². The largest absolute Gasteiger partial charge is 0.345 e. The molecule has 0 radical (unpaired) electrons. The molecule has 5 aromatic rings. The number of halogens is 1. The van der Waals surface area contributed by atoms with Crippen molar-refractivity contribution in [2.24, 2.45) is 7.05 Å². The van der Waals surface area contributed by atoms with Crippen molar-refractivity contribution in [1.29, 1.82) is 0 Å². The predicted molar refractivity (Wildman–Crippen MR) is 121 cm³/mol. The van der Waals surface area contributed by atoms with Gasteiger partial charge in [-0.1, -0.05) is 41.9 Å². The summed E-state index contributed by atoms with van der Waals surface area (Å²) in [7, 11) is 1.86. The molecule has 3 heterocycles. The summed E-state index contributed by atoms with van der Waals surface area (Å²) in [6.45, 7) is 1.95. The lowest BCUT2D eigenvalue weighted by atomic mass is 10.1. The number of hydrogen-bond acceptors (Lipinski definition) is 4. The van der Waals surface area contributed by atoms with Crippen molar-refractivity contribution < 1.29 is 4.79 Å². The second kappa shape index (κ2) is 7.52. The van der Waals surface area contributed by atoms with Crippen molar-refractivity contribution in [1.82, 2.24) is 30.0 Å². The number of hydrogen-bond donors (Lipinski definition) is 2. The predicted octanol–water partition coefficient (Wildman–Crippen LogP) is 4.66. The number of carbonyl (C=O) groups excluding carboxylic acids is 1. The van der Waals surface area contributed by atoms with Crippen molar-refractivity contribution in [2.45, 2.75) is 13.0 Å². The summed E-state index contributed by atoms with van der Waals surface area (Å²) in [5, 5.41) is 9.18. The Balaban J connectivity index is 1.53. The molecule has 2 aromatic carbocycles. The Hall–Kier alpha value is -3.71. The zero-order chi connectivity index (χ0) is 21.5. The first-order chi connectivity index (χ1) is 15.0. The maximum absolute atomic E-state index is 13.0. The molecule has 0 fully saturated rings. The van der Waals surface area contributed by atoms with E-state index in [1.54, 1.807) is 17.1 Å². The quantitative estimate of drug-likeness (QED) is 0.434. The van der Waals surface area contributed by atoms with Crippen LogP contribution in [0.25, 0.3) is 33.5 Å². The lowest BCUT2D eigenvalue weighted by Gasteiger charge is -2.13. The molecule has 0 aliphatic heterocycles. The Morgan fingerprint density at radius 3 is 2.81 bits per heavy atom. The number of benzene rings is 2. The molecule has 3 aromatic heterocycles. The van der Waals surface area contributed by atoms with Crippen molar-refractivity contribution in [3.05, 3.63) is 77.1 Å². The van der Waals surface area contributed by atoms with E-state index in [1.165, 1.54) is 0 Å². The van der Waals surface area contributed by atoms with Crippen LogP contribution in [0.15, 0.2) is 60.9 Å². The Kier molecular flexibility index (Phi) is 4.67. The number of aromatic amines is 1. The number of rotatable bonds is 4. The van der Waals surface area contributed by atoms with Gasteiger partial charge in [0, 0.05) is 23.7 Å². The lowest BCUT2D eigenvalue weighted by Crippen LogP contribution is -2.26. The molecule has 154 valence electrons. The molecule has 0 unspecified atom stereocenters. The third kappa shape index (κ3) is 3.43. The Morgan fingerprint density at radius 2 is 2.00 bits per heavy atom. The van der Waals surface area contributed by atoms with Crippen LogP contribution in [-0.2, 0) is 7.05 Å². The number of nitrogens with zero attached hydrogens (tertiary/aromatic N) is 4. The highest BCUT2D eigenvalue weighted by Gasteiger charge is 2.19. The van der Waals surface area contributed by atoms with Gasteiger partial charge in [-0.25, -0.2) is 9.97 Å². The molecule has 5 rings (SSSR count). The summed E-state index contributed by atoms with van der Waals surface area (Å²) < 4.78 is 1.76. The van der Waals surface area contributed by atoms with Crippen molar-refractivity contribution in [2.75, 3.05) is 0 Å². The monoisotopic (exact) mass is 430 g/mol. The topological polar surface area (TPSA) is 88.5 Å². The first-order valence-corrected chi connectivity index (χ1v) is 10.2. The van der Waals surface area contributed by atoms with Gasteiger partial charge >= 0.3 is 0 Å². The third-order valence-electron chi connectivity index (χ3n) is 5.33. The van der Waals surface area contributed by atoms with Crippen molar-refractivity contribution in [3.8, 4) is 11.4 Å². The molecular weight excluding hydrogens is 412 g/mol. The Morgan fingerprint density at radius 1 is 1.19 bits per heavy atom. The van der Waals surface area contributed by atoms with Crippen LogP contribution < -0.4 is 5.32 Å². The second-order valence-corrected chi connectivity index (χ2v) is 7.83. The number of aryl methyl sites for hydroxylation is 1. The van der Waals surface area contributed by atoms with E-state index in [0.717, 1.165) is 16.5 Å². The first-order valence-electron chi connectivity index (χ1n) is 9.84. The van der Waals surface area contributed by atoms with E-state index in [1.807, 2.05) is 62.5 Å². The average Bonchev–Trinajstić information content (AvgIpc) is 3.35. The highest BCUT2D eigenvalue weighted by molar-refractivity contribution is 6.31. The number of nitrogens with one attached hydrogen (secondary N) is 2. The van der Waals surface area contributed by atoms with E-state index in [4.69, 9.17) is 16.6 Å². The molecule has 1 amide bonds. The van der Waals surface area contributed by atoms with Gasteiger partial charge < -0.3 is 10.3 Å².